The molecule has 0 spiro atoms. The van der Waals surface area contributed by atoms with Crippen LogP contribution in [0.3, 0.4) is 0 Å². The zero-order chi connectivity index (χ0) is 61.1. The zero-order valence-corrected chi connectivity index (χ0v) is 54.9. The molecule has 0 aromatic heterocycles. The van der Waals surface area contributed by atoms with Gasteiger partial charge in [-0.15, -0.1) is 0 Å². The maximum atomic E-state index is 13.0. The van der Waals surface area contributed by atoms with Gasteiger partial charge in [0.1, 0.15) is 19.3 Å². The number of carbonyl (C=O) groups excluding carboxylic acids is 4. The summed E-state index contributed by atoms with van der Waals surface area (Å²) < 4.78 is 67.9. The monoisotopic (exact) mass is 1210 g/mol. The normalized spacial score (nSPS) is 15.1. The van der Waals surface area contributed by atoms with Gasteiger partial charge in [-0.3, -0.25) is 37.3 Å². The van der Waals surface area contributed by atoms with Gasteiger partial charge in [0.15, 0.2) is 12.2 Å². The van der Waals surface area contributed by atoms with Crippen LogP contribution in [0.4, 0.5) is 0 Å². The van der Waals surface area contributed by atoms with Crippen LogP contribution in [0.2, 0.25) is 0 Å². The molecule has 0 aromatic rings. The zero-order valence-electron chi connectivity index (χ0n) is 53.1. The van der Waals surface area contributed by atoms with Gasteiger partial charge in [-0.25, -0.2) is 9.13 Å². The second-order valence-corrected chi connectivity index (χ2v) is 27.1. The molecular weight excluding hydrogens is 1090 g/mol. The fourth-order valence-corrected chi connectivity index (χ4v) is 10.8. The second-order valence-electron chi connectivity index (χ2n) is 24.2. The number of hydrogen-bond acceptors (Lipinski definition) is 15. The topological polar surface area (TPSA) is 237 Å². The van der Waals surface area contributed by atoms with E-state index in [4.69, 9.17) is 37.0 Å². The summed E-state index contributed by atoms with van der Waals surface area (Å²) in [5.41, 5.74) is 0. The Balaban J connectivity index is 5.27. The van der Waals surface area contributed by atoms with E-state index in [1.165, 1.54) is 89.9 Å². The first kappa shape index (κ1) is 80.1. The lowest BCUT2D eigenvalue weighted by molar-refractivity contribution is -0.161. The van der Waals surface area contributed by atoms with Crippen LogP contribution in [0.5, 0.6) is 0 Å². The SMILES string of the molecule is CCC(C)CCCCCCCCC(=O)OC[C@H](COP(=O)(O)OC[C@H](O)COP(=O)(O)OC[C@@H](COC(=O)CCCCCCCCC(C)CC)OC(=O)CCCCCCCCCC(C)C)OC(=O)CCCCCCCCCCCC(C)C. The Hall–Kier alpha value is -1.94. The van der Waals surface area contributed by atoms with Crippen molar-refractivity contribution in [2.75, 3.05) is 39.6 Å². The van der Waals surface area contributed by atoms with Crippen LogP contribution in [0.1, 0.15) is 299 Å². The van der Waals surface area contributed by atoms with Crippen molar-refractivity contribution in [3.05, 3.63) is 0 Å². The van der Waals surface area contributed by atoms with E-state index in [1.54, 1.807) is 0 Å². The van der Waals surface area contributed by atoms with Crippen molar-refractivity contribution >= 4 is 39.5 Å². The first-order chi connectivity index (χ1) is 39.2. The minimum absolute atomic E-state index is 0.102. The van der Waals surface area contributed by atoms with Crippen LogP contribution >= 0.6 is 15.6 Å². The quantitative estimate of drug-likeness (QED) is 0.0222. The van der Waals surface area contributed by atoms with Gasteiger partial charge in [0, 0.05) is 25.7 Å². The van der Waals surface area contributed by atoms with E-state index in [2.05, 4.69) is 55.4 Å². The Kier molecular flexibility index (Phi) is 52.0. The predicted octanol–water partition coefficient (Wildman–Crippen LogP) is 17.0. The molecule has 17 nitrogen and oxygen atoms in total. The predicted molar refractivity (Wildman–Crippen MR) is 326 cm³/mol. The van der Waals surface area contributed by atoms with Gasteiger partial charge in [0.25, 0.3) is 0 Å². The van der Waals surface area contributed by atoms with Crippen molar-refractivity contribution < 1.29 is 80.2 Å². The highest BCUT2D eigenvalue weighted by Gasteiger charge is 2.30. The second kappa shape index (κ2) is 53.3. The van der Waals surface area contributed by atoms with E-state index in [9.17, 15) is 43.2 Å². The van der Waals surface area contributed by atoms with Crippen molar-refractivity contribution in [2.24, 2.45) is 23.7 Å². The molecule has 19 heteroatoms. The van der Waals surface area contributed by atoms with Gasteiger partial charge >= 0.3 is 39.5 Å². The summed E-state index contributed by atoms with van der Waals surface area (Å²) in [4.78, 5) is 72.1. The third-order valence-electron chi connectivity index (χ3n) is 15.0. The van der Waals surface area contributed by atoms with E-state index in [1.807, 2.05) is 0 Å². The Morgan fingerprint density at radius 3 is 0.866 bits per heavy atom. The third kappa shape index (κ3) is 54.7. The van der Waals surface area contributed by atoms with Crippen molar-refractivity contribution in [1.82, 2.24) is 0 Å². The average molecular weight is 1210 g/mol. The van der Waals surface area contributed by atoms with Crippen molar-refractivity contribution in [3.63, 3.8) is 0 Å². The van der Waals surface area contributed by atoms with Crippen molar-refractivity contribution in [2.45, 2.75) is 318 Å². The molecule has 82 heavy (non-hydrogen) atoms. The maximum absolute atomic E-state index is 13.0. The highest BCUT2D eigenvalue weighted by Crippen LogP contribution is 2.45. The molecule has 7 atom stereocenters. The average Bonchev–Trinajstić information content (AvgIpc) is 3.44. The summed E-state index contributed by atoms with van der Waals surface area (Å²) in [6, 6.07) is 0. The molecule has 0 aromatic carbocycles. The molecule has 3 N–H and O–H groups in total. The first-order valence-corrected chi connectivity index (χ1v) is 35.8. The molecule has 0 saturated carbocycles. The summed E-state index contributed by atoms with van der Waals surface area (Å²) in [6.45, 7) is 13.9. The molecule has 0 aliphatic rings. The largest absolute Gasteiger partial charge is 0.472 e. The summed E-state index contributed by atoms with van der Waals surface area (Å²) in [6.07, 6.45) is 32.2. The third-order valence-corrected chi connectivity index (χ3v) is 16.9. The molecular formula is C63H122O17P2. The molecule has 0 amide bonds. The minimum atomic E-state index is -4.94. The summed E-state index contributed by atoms with van der Waals surface area (Å²) in [7, 11) is -9.89. The molecule has 0 radical (unpaired) electrons. The van der Waals surface area contributed by atoms with E-state index in [-0.39, 0.29) is 25.7 Å². The number of unbranched alkanes of at least 4 members (excludes halogenated alkanes) is 24. The number of ether oxygens (including phenoxy) is 4. The Morgan fingerprint density at radius 1 is 0.341 bits per heavy atom. The smallest absolute Gasteiger partial charge is 0.462 e. The molecule has 0 aliphatic carbocycles. The molecule has 0 rings (SSSR count). The van der Waals surface area contributed by atoms with E-state index >= 15 is 0 Å². The summed E-state index contributed by atoms with van der Waals surface area (Å²) in [5.74, 6) is 0.750. The molecule has 0 aliphatic heterocycles. The van der Waals surface area contributed by atoms with Crippen LogP contribution < -0.4 is 0 Å². The molecule has 0 saturated heterocycles. The number of phosphoric acid groups is 2. The van der Waals surface area contributed by atoms with Gasteiger partial charge < -0.3 is 33.8 Å². The van der Waals surface area contributed by atoms with E-state index < -0.39 is 97.5 Å². The molecule has 486 valence electrons. The van der Waals surface area contributed by atoms with Crippen molar-refractivity contribution in [1.29, 1.82) is 0 Å². The van der Waals surface area contributed by atoms with Gasteiger partial charge in [-0.1, -0.05) is 248 Å². The number of hydrogen-bond donors (Lipinski definition) is 3. The number of aliphatic hydroxyl groups excluding tert-OH is 1. The highest BCUT2D eigenvalue weighted by molar-refractivity contribution is 7.47. The van der Waals surface area contributed by atoms with Gasteiger partial charge in [-0.05, 0) is 49.4 Å². The van der Waals surface area contributed by atoms with Crippen LogP contribution in [-0.2, 0) is 65.4 Å². The Bertz CT molecular complexity index is 1650. The maximum Gasteiger partial charge on any atom is 0.472 e. The number of rotatable bonds is 60. The van der Waals surface area contributed by atoms with Crippen LogP contribution in [0.15, 0.2) is 0 Å². The number of phosphoric ester groups is 2. The lowest BCUT2D eigenvalue weighted by atomic mass is 10.00. The number of carbonyl (C=O) groups is 4. The molecule has 0 fully saturated rings. The van der Waals surface area contributed by atoms with Crippen LogP contribution in [0.25, 0.3) is 0 Å². The Labute approximate surface area is 498 Å². The van der Waals surface area contributed by atoms with Gasteiger partial charge in [-0.2, -0.15) is 0 Å². The Morgan fingerprint density at radius 2 is 0.585 bits per heavy atom. The summed E-state index contributed by atoms with van der Waals surface area (Å²) >= 11 is 0. The standard InChI is InChI=1S/C63H122O17P2/c1-9-55(7)41-33-25-19-21-27-35-43-60(65)73-49-58(79-62(67)45-37-29-17-13-11-12-15-23-31-39-53(3)4)51-77-81(69,70)75-47-57(64)48-76-82(71,72)78-52-59(80-63(68)46-38-30-18-14-16-24-32-40-54(5)6)50-74-61(66)44-36-28-22-20-26-34-42-56(8)10-2/h53-59,64H,9-52H2,1-8H3,(H,69,70)(H,71,72)/t55?,56?,57-,58+,59+/m0/s1. The minimum Gasteiger partial charge on any atom is -0.462 e. The molecule has 0 bridgehead atoms. The van der Waals surface area contributed by atoms with E-state index in [0.717, 1.165) is 120 Å². The molecule has 0 heterocycles. The number of esters is 4. The number of aliphatic hydroxyl groups is 1. The van der Waals surface area contributed by atoms with Crippen LogP contribution in [0, 0.1) is 23.7 Å². The molecule has 4 unspecified atom stereocenters. The highest BCUT2D eigenvalue weighted by atomic mass is 31.2. The van der Waals surface area contributed by atoms with Gasteiger partial charge in [0.2, 0.25) is 0 Å². The van der Waals surface area contributed by atoms with Gasteiger partial charge in [0.05, 0.1) is 26.4 Å². The van der Waals surface area contributed by atoms with Crippen molar-refractivity contribution in [3.8, 4) is 0 Å². The lowest BCUT2D eigenvalue weighted by Crippen LogP contribution is -2.30. The lowest BCUT2D eigenvalue weighted by Gasteiger charge is -2.21. The fraction of sp³-hybridized carbons (Fsp3) is 0.937. The fourth-order valence-electron chi connectivity index (χ4n) is 9.19. The first-order valence-electron chi connectivity index (χ1n) is 32.8. The van der Waals surface area contributed by atoms with E-state index in [0.29, 0.717) is 31.6 Å². The summed E-state index contributed by atoms with van der Waals surface area (Å²) in [5, 5.41) is 10.5. The van der Waals surface area contributed by atoms with Crippen LogP contribution in [-0.4, -0.2) is 96.7 Å².